The molecular weight excluding hydrogens is 387 g/mol. The molecule has 7 nitrogen and oxygen atoms in total. The Bertz CT molecular complexity index is 960. The maximum Gasteiger partial charge on any atom is 0.269 e. The van der Waals surface area contributed by atoms with Gasteiger partial charge in [0, 0.05) is 37.8 Å². The van der Waals surface area contributed by atoms with Crippen LogP contribution in [0.1, 0.15) is 38.3 Å². The summed E-state index contributed by atoms with van der Waals surface area (Å²) in [6.45, 7) is 5.10. The lowest BCUT2D eigenvalue weighted by Gasteiger charge is -2.33. The summed E-state index contributed by atoms with van der Waals surface area (Å²) >= 11 is 0. The van der Waals surface area contributed by atoms with Gasteiger partial charge in [0.15, 0.2) is 0 Å². The van der Waals surface area contributed by atoms with E-state index in [9.17, 15) is 14.0 Å². The first-order chi connectivity index (χ1) is 14.3. The van der Waals surface area contributed by atoms with Crippen LogP contribution in [0.4, 0.5) is 10.1 Å². The summed E-state index contributed by atoms with van der Waals surface area (Å²) in [5, 5.41) is 4.38. The fourth-order valence-corrected chi connectivity index (χ4v) is 3.71. The molecule has 3 rings (SSSR count). The fraction of sp³-hybridized carbons (Fsp3) is 0.500. The van der Waals surface area contributed by atoms with Crippen molar-refractivity contribution in [3.63, 3.8) is 0 Å². The van der Waals surface area contributed by atoms with E-state index in [1.54, 1.807) is 17.2 Å². The normalized spacial score (nSPS) is 16.6. The van der Waals surface area contributed by atoms with Crippen LogP contribution >= 0.6 is 0 Å². The molecule has 1 aromatic heterocycles. The van der Waals surface area contributed by atoms with E-state index >= 15 is 0 Å². The van der Waals surface area contributed by atoms with Gasteiger partial charge in [-0.25, -0.2) is 9.07 Å². The van der Waals surface area contributed by atoms with E-state index in [0.717, 1.165) is 18.5 Å². The first-order valence-electron chi connectivity index (χ1n) is 10.2. The third-order valence-electron chi connectivity index (χ3n) is 5.67. The van der Waals surface area contributed by atoms with Crippen molar-refractivity contribution in [2.24, 2.45) is 0 Å². The molecule has 2 aromatic rings. The highest BCUT2D eigenvalue weighted by Gasteiger charge is 2.27. The first-order valence-corrected chi connectivity index (χ1v) is 10.2. The number of carbonyl (C=O) groups is 1. The van der Waals surface area contributed by atoms with Crippen LogP contribution in [0.5, 0.6) is 5.75 Å². The Morgan fingerprint density at radius 1 is 1.37 bits per heavy atom. The highest BCUT2D eigenvalue weighted by molar-refractivity contribution is 5.79. The average Bonchev–Trinajstić information content (AvgIpc) is 2.73. The van der Waals surface area contributed by atoms with Crippen molar-refractivity contribution in [1.29, 1.82) is 0 Å². The Balaban J connectivity index is 1.73. The highest BCUT2D eigenvalue weighted by atomic mass is 19.1. The van der Waals surface area contributed by atoms with Crippen LogP contribution in [-0.4, -0.2) is 53.9 Å². The van der Waals surface area contributed by atoms with Crippen LogP contribution in [0.2, 0.25) is 0 Å². The number of methoxy groups -OCH3 is 1. The molecule has 0 radical (unpaired) electrons. The predicted molar refractivity (Wildman–Crippen MR) is 114 cm³/mol. The van der Waals surface area contributed by atoms with Crippen molar-refractivity contribution in [3.8, 4) is 5.75 Å². The minimum absolute atomic E-state index is 0.0497. The van der Waals surface area contributed by atoms with Gasteiger partial charge in [-0.05, 0) is 44.9 Å². The van der Waals surface area contributed by atoms with Gasteiger partial charge in [-0.1, -0.05) is 0 Å². The summed E-state index contributed by atoms with van der Waals surface area (Å²) < 4.78 is 20.3. The summed E-state index contributed by atoms with van der Waals surface area (Å²) in [6, 6.07) is 5.82. The van der Waals surface area contributed by atoms with Crippen LogP contribution in [-0.2, 0) is 11.2 Å². The van der Waals surface area contributed by atoms with E-state index in [-0.39, 0.29) is 30.0 Å². The predicted octanol–water partition coefficient (Wildman–Crippen LogP) is 2.64. The number of ether oxygens (including phenoxy) is 1. The van der Waals surface area contributed by atoms with Gasteiger partial charge in [-0.2, -0.15) is 5.10 Å². The molecule has 0 aliphatic carbocycles. The van der Waals surface area contributed by atoms with Crippen molar-refractivity contribution in [2.45, 2.75) is 45.2 Å². The summed E-state index contributed by atoms with van der Waals surface area (Å²) in [5.74, 6) is -0.0359. The number of carbonyl (C=O) groups excluding carboxylic acids is 1. The molecule has 0 bridgehead atoms. The molecule has 1 aliphatic heterocycles. The molecule has 1 aromatic carbocycles. The molecule has 2 heterocycles. The zero-order valence-electron chi connectivity index (χ0n) is 18.0. The zero-order chi connectivity index (χ0) is 21.8. The highest BCUT2D eigenvalue weighted by Crippen LogP contribution is 2.24. The minimum atomic E-state index is -0.405. The second-order valence-electron chi connectivity index (χ2n) is 7.97. The van der Waals surface area contributed by atoms with E-state index in [4.69, 9.17) is 4.74 Å². The molecule has 30 heavy (non-hydrogen) atoms. The summed E-state index contributed by atoms with van der Waals surface area (Å²) in [4.78, 5) is 29.2. The van der Waals surface area contributed by atoms with Gasteiger partial charge in [0.1, 0.15) is 11.6 Å². The maximum atomic E-state index is 13.6. The van der Waals surface area contributed by atoms with Crippen molar-refractivity contribution in [3.05, 3.63) is 52.2 Å². The van der Waals surface area contributed by atoms with Crippen LogP contribution in [0.25, 0.3) is 0 Å². The number of hydrogen-bond acceptors (Lipinski definition) is 5. The molecule has 1 fully saturated rings. The number of anilines is 1. The van der Waals surface area contributed by atoms with Crippen LogP contribution in [0, 0.1) is 5.82 Å². The molecule has 1 unspecified atom stereocenters. The van der Waals surface area contributed by atoms with Gasteiger partial charge in [-0.15, -0.1) is 0 Å². The van der Waals surface area contributed by atoms with Crippen LogP contribution in [0.3, 0.4) is 0 Å². The fourth-order valence-electron chi connectivity index (χ4n) is 3.71. The van der Waals surface area contributed by atoms with Gasteiger partial charge in [0.2, 0.25) is 5.91 Å². The lowest BCUT2D eigenvalue weighted by Crippen LogP contribution is -2.44. The third kappa shape index (κ3) is 4.80. The monoisotopic (exact) mass is 416 g/mol. The Hall–Kier alpha value is -2.90. The molecule has 0 N–H and O–H groups in total. The number of hydrogen-bond donors (Lipinski definition) is 0. The summed E-state index contributed by atoms with van der Waals surface area (Å²) in [7, 11) is 3.42. The first kappa shape index (κ1) is 21.8. The summed E-state index contributed by atoms with van der Waals surface area (Å²) in [5.41, 5.74) is 1.11. The molecule has 1 amide bonds. The number of piperidine rings is 1. The smallest absolute Gasteiger partial charge is 0.269 e. The lowest BCUT2D eigenvalue weighted by molar-refractivity contribution is -0.132. The van der Waals surface area contributed by atoms with E-state index in [1.807, 2.05) is 25.8 Å². The van der Waals surface area contributed by atoms with Crippen molar-refractivity contribution < 1.29 is 13.9 Å². The molecule has 1 atom stereocenters. The van der Waals surface area contributed by atoms with Crippen molar-refractivity contribution >= 4 is 11.6 Å². The zero-order valence-corrected chi connectivity index (χ0v) is 18.0. The SMILES string of the molecule is COc1ccc(F)cc1CC(=O)N1CCCC(n2ncc(N(C)C(C)C)cc2=O)C1. The number of halogens is 1. The molecule has 1 aliphatic rings. The third-order valence-corrected chi connectivity index (χ3v) is 5.67. The lowest BCUT2D eigenvalue weighted by atomic mass is 10.0. The molecular formula is C22H29FN4O3. The van der Waals surface area contributed by atoms with E-state index < -0.39 is 5.82 Å². The second kappa shape index (κ2) is 9.28. The van der Waals surface area contributed by atoms with E-state index in [2.05, 4.69) is 5.10 Å². The molecule has 0 saturated carbocycles. The quantitative estimate of drug-likeness (QED) is 0.724. The Morgan fingerprint density at radius 2 is 2.13 bits per heavy atom. The largest absolute Gasteiger partial charge is 0.496 e. The topological polar surface area (TPSA) is 67.7 Å². The Labute approximate surface area is 176 Å². The van der Waals surface area contributed by atoms with Crippen molar-refractivity contribution in [2.75, 3.05) is 32.1 Å². The number of nitrogens with zero attached hydrogens (tertiary/aromatic N) is 4. The number of aromatic nitrogens is 2. The molecule has 162 valence electrons. The van der Waals surface area contributed by atoms with Gasteiger partial charge >= 0.3 is 0 Å². The van der Waals surface area contributed by atoms with Gasteiger partial charge < -0.3 is 14.5 Å². The molecule has 8 heteroatoms. The van der Waals surface area contributed by atoms with E-state index in [1.165, 1.54) is 30.0 Å². The number of likely N-dealkylation sites (tertiary alicyclic amines) is 1. The van der Waals surface area contributed by atoms with Crippen molar-refractivity contribution in [1.82, 2.24) is 14.7 Å². The second-order valence-corrected chi connectivity index (χ2v) is 7.97. The minimum Gasteiger partial charge on any atom is -0.496 e. The van der Waals surface area contributed by atoms with E-state index in [0.29, 0.717) is 24.4 Å². The number of benzene rings is 1. The van der Waals surface area contributed by atoms with Gasteiger partial charge in [0.05, 0.1) is 31.5 Å². The average molecular weight is 416 g/mol. The maximum absolute atomic E-state index is 13.6. The molecule has 1 saturated heterocycles. The Morgan fingerprint density at radius 3 is 2.80 bits per heavy atom. The number of rotatable bonds is 6. The summed E-state index contributed by atoms with van der Waals surface area (Å²) in [6.07, 6.45) is 3.30. The van der Waals surface area contributed by atoms with Crippen LogP contribution < -0.4 is 15.2 Å². The standard InChI is InChI=1S/C22H29FN4O3/c1-15(2)25(3)19-12-22(29)27(24-13-19)18-6-5-9-26(14-18)21(28)11-16-10-17(23)7-8-20(16)30-4/h7-8,10,12-13,15,18H,5-6,9,11,14H2,1-4H3. The Kier molecular flexibility index (Phi) is 6.74. The number of amides is 1. The van der Waals surface area contributed by atoms with Gasteiger partial charge in [-0.3, -0.25) is 9.59 Å². The molecule has 0 spiro atoms. The van der Waals surface area contributed by atoms with Gasteiger partial charge in [0.25, 0.3) is 5.56 Å². The van der Waals surface area contributed by atoms with Crippen LogP contribution in [0.15, 0.2) is 35.3 Å².